The van der Waals surface area contributed by atoms with Crippen LogP contribution in [0.5, 0.6) is 5.88 Å². The smallest absolute Gasteiger partial charge is 0.266 e. The summed E-state index contributed by atoms with van der Waals surface area (Å²) < 4.78 is 60.0. The Bertz CT molecular complexity index is 1220. The molecule has 1 aliphatic rings. The van der Waals surface area contributed by atoms with Crippen molar-refractivity contribution in [3.8, 4) is 5.88 Å². The third-order valence-electron chi connectivity index (χ3n) is 5.38. The molecule has 0 aliphatic carbocycles. The molecule has 1 aromatic heterocycles. The van der Waals surface area contributed by atoms with Crippen LogP contribution in [0.15, 0.2) is 42.5 Å². The maximum atomic E-state index is 14.4. The van der Waals surface area contributed by atoms with E-state index in [-0.39, 0.29) is 17.9 Å². The predicted octanol–water partition coefficient (Wildman–Crippen LogP) is 5.68. The standard InChI is InChI=1S/C23H19F4N3O2/c1-12-8-14(24)4-5-18(12)29-11-30(19-6-7-21(32-3)28-13(19)2)23(31)16-9-17(25)15(22(26)27)10-20(16)29/h4-10,22H,11H2,1-3H3. The Morgan fingerprint density at radius 3 is 2.31 bits per heavy atom. The number of anilines is 3. The number of hydrogen-bond acceptors (Lipinski definition) is 4. The van der Waals surface area contributed by atoms with Crippen molar-refractivity contribution in [2.24, 2.45) is 0 Å². The van der Waals surface area contributed by atoms with Crippen molar-refractivity contribution in [3.05, 3.63) is 76.5 Å². The zero-order valence-corrected chi connectivity index (χ0v) is 17.5. The molecule has 2 heterocycles. The molecule has 0 spiro atoms. The molecule has 0 unspecified atom stereocenters. The van der Waals surface area contributed by atoms with E-state index >= 15 is 0 Å². The van der Waals surface area contributed by atoms with Crippen LogP contribution in [-0.4, -0.2) is 24.7 Å². The van der Waals surface area contributed by atoms with Crippen LogP contribution in [0.2, 0.25) is 0 Å². The summed E-state index contributed by atoms with van der Waals surface area (Å²) in [6.45, 7) is 3.28. The maximum absolute atomic E-state index is 14.4. The summed E-state index contributed by atoms with van der Waals surface area (Å²) in [5.41, 5.74) is 1.19. The molecule has 2 aromatic carbocycles. The summed E-state index contributed by atoms with van der Waals surface area (Å²) in [7, 11) is 1.46. The van der Waals surface area contributed by atoms with E-state index in [1.165, 1.54) is 30.2 Å². The largest absolute Gasteiger partial charge is 0.481 e. The first-order chi connectivity index (χ1) is 15.2. The number of benzene rings is 2. The summed E-state index contributed by atoms with van der Waals surface area (Å²) in [6.07, 6.45) is -3.06. The van der Waals surface area contributed by atoms with Gasteiger partial charge in [0.1, 0.15) is 18.3 Å². The highest BCUT2D eigenvalue weighted by Gasteiger charge is 2.34. The Kier molecular flexibility index (Phi) is 5.50. The molecular formula is C23H19F4N3O2. The number of nitrogens with zero attached hydrogens (tertiary/aromatic N) is 3. The number of alkyl halides is 2. The number of hydrogen-bond donors (Lipinski definition) is 0. The molecule has 1 aliphatic heterocycles. The van der Waals surface area contributed by atoms with Crippen molar-refractivity contribution < 1.29 is 27.1 Å². The number of amides is 1. The minimum Gasteiger partial charge on any atom is -0.481 e. The van der Waals surface area contributed by atoms with Gasteiger partial charge < -0.3 is 9.64 Å². The second-order valence-corrected chi connectivity index (χ2v) is 7.38. The molecule has 0 saturated heterocycles. The fraction of sp³-hybridized carbons (Fsp3) is 0.217. The van der Waals surface area contributed by atoms with E-state index in [0.29, 0.717) is 28.5 Å². The molecule has 32 heavy (non-hydrogen) atoms. The first kappa shape index (κ1) is 21.6. The Morgan fingerprint density at radius 2 is 1.69 bits per heavy atom. The van der Waals surface area contributed by atoms with E-state index in [1.54, 1.807) is 30.9 Å². The molecule has 0 fully saturated rings. The van der Waals surface area contributed by atoms with Gasteiger partial charge in [0.2, 0.25) is 5.88 Å². The predicted molar refractivity (Wildman–Crippen MR) is 112 cm³/mol. The number of aryl methyl sites for hydroxylation is 2. The van der Waals surface area contributed by atoms with Crippen LogP contribution in [0, 0.1) is 25.5 Å². The summed E-state index contributed by atoms with van der Waals surface area (Å²) in [5, 5.41) is 0. The maximum Gasteiger partial charge on any atom is 0.266 e. The zero-order chi connectivity index (χ0) is 23.2. The highest BCUT2D eigenvalue weighted by Crippen LogP contribution is 2.40. The normalized spacial score (nSPS) is 13.6. The summed E-state index contributed by atoms with van der Waals surface area (Å²) in [4.78, 5) is 20.5. The van der Waals surface area contributed by atoms with Crippen molar-refractivity contribution in [2.75, 3.05) is 23.6 Å². The molecule has 1 amide bonds. The molecule has 9 heteroatoms. The zero-order valence-electron chi connectivity index (χ0n) is 17.5. The quantitative estimate of drug-likeness (QED) is 0.485. The monoisotopic (exact) mass is 445 g/mol. The number of rotatable bonds is 4. The summed E-state index contributed by atoms with van der Waals surface area (Å²) >= 11 is 0. The molecule has 5 nitrogen and oxygen atoms in total. The van der Waals surface area contributed by atoms with Crippen LogP contribution in [0.1, 0.15) is 33.6 Å². The lowest BCUT2D eigenvalue weighted by atomic mass is 10.0. The van der Waals surface area contributed by atoms with Crippen molar-refractivity contribution in [1.82, 2.24) is 4.98 Å². The van der Waals surface area contributed by atoms with Gasteiger partial charge in [0.05, 0.1) is 35.3 Å². The number of carbonyl (C=O) groups is 1. The molecular weight excluding hydrogens is 426 g/mol. The van der Waals surface area contributed by atoms with Gasteiger partial charge in [0.15, 0.2) is 0 Å². The number of pyridine rings is 1. The number of methoxy groups -OCH3 is 1. The van der Waals surface area contributed by atoms with E-state index in [9.17, 15) is 22.4 Å². The molecule has 0 saturated carbocycles. The topological polar surface area (TPSA) is 45.7 Å². The van der Waals surface area contributed by atoms with Crippen molar-refractivity contribution >= 4 is 23.0 Å². The van der Waals surface area contributed by atoms with E-state index < -0.39 is 29.5 Å². The first-order valence-corrected chi connectivity index (χ1v) is 9.70. The van der Waals surface area contributed by atoms with Gasteiger partial charge in [-0.25, -0.2) is 22.5 Å². The Labute approximate surface area is 181 Å². The van der Waals surface area contributed by atoms with Gasteiger partial charge in [0, 0.05) is 11.8 Å². The van der Waals surface area contributed by atoms with Gasteiger partial charge in [-0.1, -0.05) is 0 Å². The Balaban J connectivity index is 1.92. The molecule has 3 aromatic rings. The van der Waals surface area contributed by atoms with Gasteiger partial charge >= 0.3 is 0 Å². The lowest BCUT2D eigenvalue weighted by Crippen LogP contribution is -2.45. The lowest BCUT2D eigenvalue weighted by Gasteiger charge is -2.39. The van der Waals surface area contributed by atoms with Crippen molar-refractivity contribution in [3.63, 3.8) is 0 Å². The van der Waals surface area contributed by atoms with Crippen molar-refractivity contribution in [1.29, 1.82) is 0 Å². The SMILES string of the molecule is COc1ccc(N2CN(c3ccc(F)cc3C)c3cc(C(F)F)c(F)cc3C2=O)c(C)n1. The minimum atomic E-state index is -3.06. The van der Waals surface area contributed by atoms with Gasteiger partial charge in [0.25, 0.3) is 12.3 Å². The van der Waals surface area contributed by atoms with Gasteiger partial charge in [-0.15, -0.1) is 0 Å². The average Bonchev–Trinajstić information content (AvgIpc) is 2.74. The van der Waals surface area contributed by atoms with Crippen molar-refractivity contribution in [2.45, 2.75) is 20.3 Å². The van der Waals surface area contributed by atoms with Crippen LogP contribution < -0.4 is 14.5 Å². The molecule has 0 radical (unpaired) electrons. The van der Waals surface area contributed by atoms with E-state index in [2.05, 4.69) is 4.98 Å². The fourth-order valence-electron chi connectivity index (χ4n) is 3.81. The van der Waals surface area contributed by atoms with Crippen LogP contribution in [0.3, 0.4) is 0 Å². The third-order valence-corrected chi connectivity index (χ3v) is 5.38. The van der Waals surface area contributed by atoms with E-state index in [4.69, 9.17) is 4.74 Å². The summed E-state index contributed by atoms with van der Waals surface area (Å²) in [5.74, 6) is -1.84. The fourth-order valence-corrected chi connectivity index (χ4v) is 3.81. The molecule has 166 valence electrons. The highest BCUT2D eigenvalue weighted by atomic mass is 19.3. The lowest BCUT2D eigenvalue weighted by molar-refractivity contribution is 0.0981. The van der Waals surface area contributed by atoms with E-state index in [0.717, 1.165) is 12.1 Å². The van der Waals surface area contributed by atoms with E-state index in [1.807, 2.05) is 0 Å². The average molecular weight is 445 g/mol. The number of ether oxygens (including phenoxy) is 1. The molecule has 4 rings (SSSR count). The number of carbonyl (C=O) groups excluding carboxylic acids is 1. The third kappa shape index (κ3) is 3.63. The Hall–Kier alpha value is -3.62. The van der Waals surface area contributed by atoms with Crippen LogP contribution >= 0.6 is 0 Å². The Morgan fingerprint density at radius 1 is 0.969 bits per heavy atom. The van der Waals surface area contributed by atoms with Crippen LogP contribution in [-0.2, 0) is 0 Å². The number of aromatic nitrogens is 1. The first-order valence-electron chi connectivity index (χ1n) is 9.70. The van der Waals surface area contributed by atoms with Gasteiger partial charge in [-0.2, -0.15) is 0 Å². The number of fused-ring (bicyclic) bond motifs is 1. The van der Waals surface area contributed by atoms with Crippen LogP contribution in [0.25, 0.3) is 0 Å². The molecule has 0 atom stereocenters. The van der Waals surface area contributed by atoms with Gasteiger partial charge in [-0.3, -0.25) is 9.69 Å². The second-order valence-electron chi connectivity index (χ2n) is 7.38. The molecule has 0 bridgehead atoms. The summed E-state index contributed by atoms with van der Waals surface area (Å²) in [6, 6.07) is 9.06. The highest BCUT2D eigenvalue weighted by molar-refractivity contribution is 6.13. The molecule has 0 N–H and O–H groups in total. The minimum absolute atomic E-state index is 0.0680. The van der Waals surface area contributed by atoms with Gasteiger partial charge in [-0.05, 0) is 55.8 Å². The number of halogens is 4. The second kappa shape index (κ2) is 8.14. The van der Waals surface area contributed by atoms with Crippen LogP contribution in [0.4, 0.5) is 34.6 Å².